The largest absolute Gasteiger partial charge is 0.480 e. The fourth-order valence-electron chi connectivity index (χ4n) is 3.71. The summed E-state index contributed by atoms with van der Waals surface area (Å²) in [6.45, 7) is 0.213. The van der Waals surface area contributed by atoms with E-state index in [0.29, 0.717) is 17.0 Å². The van der Waals surface area contributed by atoms with Gasteiger partial charge in [0.2, 0.25) is 0 Å². The van der Waals surface area contributed by atoms with Crippen molar-refractivity contribution in [3.63, 3.8) is 0 Å². The zero-order valence-corrected chi connectivity index (χ0v) is 14.9. The normalized spacial score (nSPS) is 16.3. The molecule has 1 aromatic heterocycles. The number of carboxylic acids is 1. The molecule has 0 amide bonds. The van der Waals surface area contributed by atoms with Crippen LogP contribution in [-0.2, 0) is 17.8 Å². The van der Waals surface area contributed by atoms with Gasteiger partial charge in [0.1, 0.15) is 6.04 Å². The SMILES string of the molecule is O=C(O)C(NCc1ccc(CC2CCCCC2)[nH]c1=O)c1ccccc1. The van der Waals surface area contributed by atoms with Gasteiger partial charge in [-0.3, -0.25) is 14.9 Å². The third-order valence-electron chi connectivity index (χ3n) is 5.16. The minimum atomic E-state index is -0.957. The smallest absolute Gasteiger partial charge is 0.325 e. The Bertz CT molecular complexity index is 779. The van der Waals surface area contributed by atoms with Crippen LogP contribution in [0.4, 0.5) is 0 Å². The first kappa shape index (κ1) is 18.4. The van der Waals surface area contributed by atoms with Crippen molar-refractivity contribution in [1.82, 2.24) is 10.3 Å². The van der Waals surface area contributed by atoms with Crippen LogP contribution in [-0.4, -0.2) is 16.1 Å². The summed E-state index contributed by atoms with van der Waals surface area (Å²) >= 11 is 0. The quantitative estimate of drug-likeness (QED) is 0.712. The molecule has 1 aliphatic rings. The Hall–Kier alpha value is -2.40. The van der Waals surface area contributed by atoms with Gasteiger partial charge in [-0.2, -0.15) is 0 Å². The van der Waals surface area contributed by atoms with Gasteiger partial charge in [0.15, 0.2) is 0 Å². The maximum Gasteiger partial charge on any atom is 0.325 e. The predicted molar refractivity (Wildman–Crippen MR) is 101 cm³/mol. The van der Waals surface area contributed by atoms with Crippen LogP contribution in [0, 0.1) is 5.92 Å². The molecule has 0 bridgehead atoms. The molecule has 5 heteroatoms. The fraction of sp³-hybridized carbons (Fsp3) is 0.429. The fourth-order valence-corrected chi connectivity index (χ4v) is 3.71. The van der Waals surface area contributed by atoms with Gasteiger partial charge >= 0.3 is 5.97 Å². The van der Waals surface area contributed by atoms with Crippen LogP contribution in [0.25, 0.3) is 0 Å². The van der Waals surface area contributed by atoms with E-state index in [9.17, 15) is 14.7 Å². The summed E-state index contributed by atoms with van der Waals surface area (Å²) in [5.74, 6) is -0.292. The van der Waals surface area contributed by atoms with Gasteiger partial charge in [-0.1, -0.05) is 68.5 Å². The van der Waals surface area contributed by atoms with Gasteiger partial charge < -0.3 is 10.1 Å². The van der Waals surface area contributed by atoms with E-state index in [2.05, 4.69) is 10.3 Å². The Kier molecular flexibility index (Phi) is 6.23. The van der Waals surface area contributed by atoms with E-state index >= 15 is 0 Å². The molecule has 138 valence electrons. The van der Waals surface area contributed by atoms with Crippen molar-refractivity contribution in [2.45, 2.75) is 51.1 Å². The Morgan fingerprint density at radius 1 is 1.12 bits per heavy atom. The summed E-state index contributed by atoms with van der Waals surface area (Å²) < 4.78 is 0. The summed E-state index contributed by atoms with van der Waals surface area (Å²) in [5.41, 5.74) is 2.07. The number of hydrogen-bond donors (Lipinski definition) is 3. The van der Waals surface area contributed by atoms with Crippen LogP contribution < -0.4 is 10.9 Å². The molecule has 0 aliphatic heterocycles. The van der Waals surface area contributed by atoms with E-state index < -0.39 is 12.0 Å². The lowest BCUT2D eigenvalue weighted by molar-refractivity contribution is -0.139. The maximum atomic E-state index is 12.4. The van der Waals surface area contributed by atoms with Crippen LogP contribution in [0.3, 0.4) is 0 Å². The molecular weight excluding hydrogens is 328 g/mol. The number of aromatic amines is 1. The van der Waals surface area contributed by atoms with Crippen molar-refractivity contribution in [1.29, 1.82) is 0 Å². The number of rotatable bonds is 7. The molecule has 1 fully saturated rings. The summed E-state index contributed by atoms with van der Waals surface area (Å²) in [4.78, 5) is 26.9. The first-order valence-electron chi connectivity index (χ1n) is 9.35. The van der Waals surface area contributed by atoms with Crippen molar-refractivity contribution >= 4 is 5.97 Å². The first-order valence-corrected chi connectivity index (χ1v) is 9.35. The Morgan fingerprint density at radius 3 is 2.50 bits per heavy atom. The second-order valence-electron chi connectivity index (χ2n) is 7.11. The van der Waals surface area contributed by atoms with Crippen molar-refractivity contribution < 1.29 is 9.90 Å². The number of carbonyl (C=O) groups is 1. The molecule has 0 spiro atoms. The first-order chi connectivity index (χ1) is 12.6. The summed E-state index contributed by atoms with van der Waals surface area (Å²) in [5, 5.41) is 12.4. The topological polar surface area (TPSA) is 82.2 Å². The number of hydrogen-bond acceptors (Lipinski definition) is 3. The third kappa shape index (κ3) is 4.82. The molecule has 3 rings (SSSR count). The van der Waals surface area contributed by atoms with Crippen LogP contribution in [0.15, 0.2) is 47.3 Å². The van der Waals surface area contributed by atoms with E-state index in [1.807, 2.05) is 18.2 Å². The van der Waals surface area contributed by atoms with Crippen LogP contribution in [0.2, 0.25) is 0 Å². The molecule has 1 aromatic carbocycles. The van der Waals surface area contributed by atoms with E-state index in [4.69, 9.17) is 0 Å². The van der Waals surface area contributed by atoms with Crippen molar-refractivity contribution in [3.05, 3.63) is 69.6 Å². The predicted octanol–water partition coefficient (Wildman–Crippen LogP) is 3.41. The van der Waals surface area contributed by atoms with Crippen LogP contribution in [0.5, 0.6) is 0 Å². The average Bonchev–Trinajstić information content (AvgIpc) is 2.65. The number of aliphatic carboxylic acids is 1. The summed E-state index contributed by atoms with van der Waals surface area (Å²) in [7, 11) is 0. The molecule has 1 heterocycles. The van der Waals surface area contributed by atoms with Gasteiger partial charge in [-0.05, 0) is 24.0 Å². The highest BCUT2D eigenvalue weighted by Gasteiger charge is 2.19. The molecule has 5 nitrogen and oxygen atoms in total. The number of benzene rings is 1. The second kappa shape index (κ2) is 8.81. The lowest BCUT2D eigenvalue weighted by Crippen LogP contribution is -2.30. The molecule has 1 saturated carbocycles. The number of pyridine rings is 1. The number of H-pyrrole nitrogens is 1. The Labute approximate surface area is 153 Å². The molecule has 0 saturated heterocycles. The number of nitrogens with one attached hydrogen (secondary N) is 2. The van der Waals surface area contributed by atoms with E-state index in [1.165, 1.54) is 32.1 Å². The zero-order chi connectivity index (χ0) is 18.4. The van der Waals surface area contributed by atoms with Crippen LogP contribution >= 0.6 is 0 Å². The van der Waals surface area contributed by atoms with E-state index in [-0.39, 0.29) is 12.1 Å². The van der Waals surface area contributed by atoms with Crippen molar-refractivity contribution in [2.75, 3.05) is 0 Å². The Morgan fingerprint density at radius 2 is 1.85 bits per heavy atom. The van der Waals surface area contributed by atoms with Gasteiger partial charge in [-0.15, -0.1) is 0 Å². The zero-order valence-electron chi connectivity index (χ0n) is 14.9. The maximum absolute atomic E-state index is 12.4. The minimum absolute atomic E-state index is 0.136. The molecule has 2 aromatic rings. The summed E-state index contributed by atoms with van der Waals surface area (Å²) in [6.07, 6.45) is 7.29. The number of aromatic nitrogens is 1. The molecule has 1 atom stereocenters. The highest BCUT2D eigenvalue weighted by molar-refractivity contribution is 5.75. The van der Waals surface area contributed by atoms with Gasteiger partial charge in [0, 0.05) is 17.8 Å². The lowest BCUT2D eigenvalue weighted by Gasteiger charge is -2.21. The minimum Gasteiger partial charge on any atom is -0.480 e. The molecule has 1 aliphatic carbocycles. The van der Waals surface area contributed by atoms with E-state index in [1.54, 1.807) is 24.3 Å². The average molecular weight is 354 g/mol. The Balaban J connectivity index is 1.64. The standard InChI is InChI=1S/C21H26N2O3/c24-20-17(11-12-18(23-20)13-15-7-3-1-4-8-15)14-22-19(21(25)26)16-9-5-2-6-10-16/h2,5-6,9-12,15,19,22H,1,3-4,7-8,13-14H2,(H,23,24)(H,25,26). The molecule has 0 radical (unpaired) electrons. The highest BCUT2D eigenvalue weighted by atomic mass is 16.4. The van der Waals surface area contributed by atoms with Crippen molar-refractivity contribution in [2.24, 2.45) is 5.92 Å². The molecular formula is C21H26N2O3. The monoisotopic (exact) mass is 354 g/mol. The van der Waals surface area contributed by atoms with Crippen LogP contribution in [0.1, 0.15) is 55.0 Å². The molecule has 3 N–H and O–H groups in total. The second-order valence-corrected chi connectivity index (χ2v) is 7.11. The van der Waals surface area contributed by atoms with Gasteiger partial charge in [-0.25, -0.2) is 0 Å². The van der Waals surface area contributed by atoms with E-state index in [0.717, 1.165) is 12.1 Å². The molecule has 1 unspecified atom stereocenters. The highest BCUT2D eigenvalue weighted by Crippen LogP contribution is 2.26. The van der Waals surface area contributed by atoms with Gasteiger partial charge in [0.25, 0.3) is 5.56 Å². The third-order valence-corrected chi connectivity index (χ3v) is 5.16. The lowest BCUT2D eigenvalue weighted by atomic mass is 9.86. The summed E-state index contributed by atoms with van der Waals surface area (Å²) in [6, 6.07) is 11.9. The van der Waals surface area contributed by atoms with Crippen molar-refractivity contribution in [3.8, 4) is 0 Å². The molecule has 26 heavy (non-hydrogen) atoms. The number of carboxylic acid groups (broad SMARTS) is 1. The van der Waals surface area contributed by atoms with Gasteiger partial charge in [0.05, 0.1) is 0 Å².